The number of aryl methyl sites for hydroxylation is 1. The fourth-order valence-corrected chi connectivity index (χ4v) is 1.46. The lowest BCUT2D eigenvalue weighted by Crippen LogP contribution is -1.89. The van der Waals surface area contributed by atoms with Gasteiger partial charge < -0.3 is 0 Å². The van der Waals surface area contributed by atoms with Gasteiger partial charge in [-0.1, -0.05) is 12.6 Å². The fourth-order valence-electron chi connectivity index (χ4n) is 1.46. The lowest BCUT2D eigenvalue weighted by molar-refractivity contribution is 1.07. The summed E-state index contributed by atoms with van der Waals surface area (Å²) in [5.41, 5.74) is 3.66. The van der Waals surface area contributed by atoms with Crippen LogP contribution in [0.1, 0.15) is 35.6 Å². The van der Waals surface area contributed by atoms with E-state index >= 15 is 0 Å². The van der Waals surface area contributed by atoms with E-state index in [9.17, 15) is 0 Å². The number of hydrogen-bond donors (Lipinski definition) is 0. The summed E-state index contributed by atoms with van der Waals surface area (Å²) in [5.74, 6) is 0.801. The monoisotopic (exact) mass is 159 g/mol. The van der Waals surface area contributed by atoms with Gasteiger partial charge in [0.1, 0.15) is 0 Å². The van der Waals surface area contributed by atoms with Gasteiger partial charge in [0.05, 0.1) is 5.69 Å². The quantitative estimate of drug-likeness (QED) is 0.646. The molecule has 0 radical (unpaired) electrons. The summed E-state index contributed by atoms with van der Waals surface area (Å²) in [6.07, 6.45) is 6.48. The van der Waals surface area contributed by atoms with Gasteiger partial charge in [-0.3, -0.25) is 4.98 Å². The van der Waals surface area contributed by atoms with E-state index in [2.05, 4.69) is 24.6 Å². The van der Waals surface area contributed by atoms with E-state index in [1.165, 1.54) is 24.0 Å². The van der Waals surface area contributed by atoms with Crippen LogP contribution < -0.4 is 0 Å². The largest absolute Gasteiger partial charge is 0.256 e. The van der Waals surface area contributed by atoms with E-state index in [-0.39, 0.29) is 0 Å². The molecule has 1 nitrogen and oxygen atoms in total. The van der Waals surface area contributed by atoms with Crippen LogP contribution >= 0.6 is 0 Å². The molecule has 0 atom stereocenters. The Bertz CT molecular complexity index is 311. The first kappa shape index (κ1) is 7.53. The Morgan fingerprint density at radius 2 is 2.33 bits per heavy atom. The SMILES string of the molecule is C=Cc1ncc(C2CC2)cc1C. The van der Waals surface area contributed by atoms with Crippen molar-refractivity contribution < 1.29 is 0 Å². The molecule has 0 spiro atoms. The molecule has 0 amide bonds. The van der Waals surface area contributed by atoms with Crippen molar-refractivity contribution in [3.05, 3.63) is 35.7 Å². The zero-order valence-electron chi connectivity index (χ0n) is 7.38. The molecule has 1 heterocycles. The second-order valence-electron chi connectivity index (χ2n) is 3.45. The molecule has 62 valence electrons. The van der Waals surface area contributed by atoms with E-state index in [0.717, 1.165) is 11.6 Å². The number of hydrogen-bond acceptors (Lipinski definition) is 1. The van der Waals surface area contributed by atoms with Gasteiger partial charge in [-0.2, -0.15) is 0 Å². The summed E-state index contributed by atoms with van der Waals surface area (Å²) in [4.78, 5) is 4.34. The summed E-state index contributed by atoms with van der Waals surface area (Å²) in [6.45, 7) is 5.81. The van der Waals surface area contributed by atoms with Gasteiger partial charge in [0, 0.05) is 6.20 Å². The van der Waals surface area contributed by atoms with Crippen molar-refractivity contribution in [3.63, 3.8) is 0 Å². The third-order valence-corrected chi connectivity index (χ3v) is 2.38. The lowest BCUT2D eigenvalue weighted by atomic mass is 10.1. The normalized spacial score (nSPS) is 16.1. The van der Waals surface area contributed by atoms with Crippen molar-refractivity contribution in [2.24, 2.45) is 0 Å². The van der Waals surface area contributed by atoms with Crippen LogP contribution in [0.4, 0.5) is 0 Å². The fraction of sp³-hybridized carbons (Fsp3) is 0.364. The Kier molecular flexibility index (Phi) is 1.72. The van der Waals surface area contributed by atoms with Gasteiger partial charge in [0.25, 0.3) is 0 Å². The third-order valence-electron chi connectivity index (χ3n) is 2.38. The Hall–Kier alpha value is -1.11. The maximum Gasteiger partial charge on any atom is 0.0653 e. The van der Waals surface area contributed by atoms with E-state index < -0.39 is 0 Å². The van der Waals surface area contributed by atoms with Crippen molar-refractivity contribution in [2.45, 2.75) is 25.7 Å². The van der Waals surface area contributed by atoms with Crippen molar-refractivity contribution in [2.75, 3.05) is 0 Å². The molecule has 0 aliphatic heterocycles. The molecule has 1 heteroatoms. The van der Waals surface area contributed by atoms with Crippen molar-refractivity contribution >= 4 is 6.08 Å². The highest BCUT2D eigenvalue weighted by Crippen LogP contribution is 2.40. The predicted molar refractivity (Wildman–Crippen MR) is 51.0 cm³/mol. The summed E-state index contributed by atoms with van der Waals surface area (Å²) >= 11 is 0. The summed E-state index contributed by atoms with van der Waals surface area (Å²) < 4.78 is 0. The van der Waals surface area contributed by atoms with Gasteiger partial charge in [-0.25, -0.2) is 0 Å². The average Bonchev–Trinajstić information content (AvgIpc) is 2.86. The Balaban J connectivity index is 2.36. The van der Waals surface area contributed by atoms with E-state index in [0.29, 0.717) is 0 Å². The minimum Gasteiger partial charge on any atom is -0.256 e. The van der Waals surface area contributed by atoms with E-state index in [1.54, 1.807) is 0 Å². The molecule has 0 bridgehead atoms. The molecule has 1 fully saturated rings. The topological polar surface area (TPSA) is 12.9 Å². The first-order valence-electron chi connectivity index (χ1n) is 4.40. The average molecular weight is 159 g/mol. The molecular formula is C11H13N. The first-order chi connectivity index (χ1) is 5.81. The van der Waals surface area contributed by atoms with Crippen LogP contribution in [0.5, 0.6) is 0 Å². The molecule has 1 saturated carbocycles. The summed E-state index contributed by atoms with van der Waals surface area (Å²) in [7, 11) is 0. The molecule has 0 unspecified atom stereocenters. The van der Waals surface area contributed by atoms with Gasteiger partial charge in [0.2, 0.25) is 0 Å². The van der Waals surface area contributed by atoms with E-state index in [1.807, 2.05) is 12.3 Å². The number of pyridine rings is 1. The van der Waals surface area contributed by atoms with Crippen LogP contribution in [-0.4, -0.2) is 4.98 Å². The predicted octanol–water partition coefficient (Wildman–Crippen LogP) is 2.91. The van der Waals surface area contributed by atoms with Gasteiger partial charge >= 0.3 is 0 Å². The van der Waals surface area contributed by atoms with Crippen molar-refractivity contribution in [1.82, 2.24) is 4.98 Å². The summed E-state index contributed by atoms with van der Waals surface area (Å²) in [6, 6.07) is 2.24. The molecule has 1 aliphatic carbocycles. The Labute approximate surface area is 73.1 Å². The highest BCUT2D eigenvalue weighted by atomic mass is 14.7. The minimum absolute atomic E-state index is 0.801. The number of aromatic nitrogens is 1. The van der Waals surface area contributed by atoms with Crippen LogP contribution in [0.25, 0.3) is 6.08 Å². The second kappa shape index (κ2) is 2.74. The molecule has 12 heavy (non-hydrogen) atoms. The van der Waals surface area contributed by atoms with Crippen LogP contribution in [-0.2, 0) is 0 Å². The highest BCUT2D eigenvalue weighted by molar-refractivity contribution is 5.47. The molecule has 2 rings (SSSR count). The molecule has 0 saturated heterocycles. The molecule has 0 aromatic carbocycles. The molecular weight excluding hydrogens is 146 g/mol. The van der Waals surface area contributed by atoms with Gasteiger partial charge in [0.15, 0.2) is 0 Å². The summed E-state index contributed by atoms with van der Waals surface area (Å²) in [5, 5.41) is 0. The van der Waals surface area contributed by atoms with Crippen LogP contribution in [0.15, 0.2) is 18.8 Å². The standard InChI is InChI=1S/C11H13N/c1-3-11-8(2)6-10(7-12-11)9-4-5-9/h3,6-7,9H,1,4-5H2,2H3. The molecule has 1 aromatic heterocycles. The van der Waals surface area contributed by atoms with Crippen molar-refractivity contribution in [3.8, 4) is 0 Å². The lowest BCUT2D eigenvalue weighted by Gasteiger charge is -2.02. The molecule has 1 aromatic rings. The van der Waals surface area contributed by atoms with E-state index in [4.69, 9.17) is 0 Å². The van der Waals surface area contributed by atoms with Gasteiger partial charge in [-0.05, 0) is 42.9 Å². The maximum absolute atomic E-state index is 4.34. The van der Waals surface area contributed by atoms with Crippen LogP contribution in [0.2, 0.25) is 0 Å². The Morgan fingerprint density at radius 1 is 1.58 bits per heavy atom. The smallest absolute Gasteiger partial charge is 0.0653 e. The molecule has 0 N–H and O–H groups in total. The third kappa shape index (κ3) is 1.27. The number of nitrogens with zero attached hydrogens (tertiary/aromatic N) is 1. The number of rotatable bonds is 2. The zero-order valence-corrected chi connectivity index (χ0v) is 7.38. The maximum atomic E-state index is 4.34. The van der Waals surface area contributed by atoms with Gasteiger partial charge in [-0.15, -0.1) is 0 Å². The highest BCUT2D eigenvalue weighted by Gasteiger charge is 2.23. The molecule has 1 aliphatic rings. The van der Waals surface area contributed by atoms with Crippen LogP contribution in [0, 0.1) is 6.92 Å². The van der Waals surface area contributed by atoms with Crippen LogP contribution in [0.3, 0.4) is 0 Å². The first-order valence-corrected chi connectivity index (χ1v) is 4.40. The zero-order chi connectivity index (χ0) is 8.55. The van der Waals surface area contributed by atoms with Crippen molar-refractivity contribution in [1.29, 1.82) is 0 Å². The minimum atomic E-state index is 0.801. The Morgan fingerprint density at radius 3 is 2.83 bits per heavy atom. The second-order valence-corrected chi connectivity index (χ2v) is 3.45.